The first-order valence-electron chi connectivity index (χ1n) is 10.2. The molecule has 2 aromatic carbocycles. The summed E-state index contributed by atoms with van der Waals surface area (Å²) in [5.74, 6) is 0.0473. The lowest BCUT2D eigenvalue weighted by Crippen LogP contribution is -2.43. The fourth-order valence-electron chi connectivity index (χ4n) is 4.19. The van der Waals surface area contributed by atoms with Crippen LogP contribution in [-0.2, 0) is 24.3 Å². The quantitative estimate of drug-likeness (QED) is 0.815. The zero-order valence-electron chi connectivity index (χ0n) is 16.3. The van der Waals surface area contributed by atoms with Gasteiger partial charge in [-0.25, -0.2) is 4.39 Å². The molecule has 1 fully saturated rings. The van der Waals surface area contributed by atoms with Gasteiger partial charge in [0.2, 0.25) is 5.91 Å². The molecule has 1 saturated heterocycles. The Morgan fingerprint density at radius 2 is 1.57 bits per heavy atom. The Labute approximate surface area is 166 Å². The van der Waals surface area contributed by atoms with Gasteiger partial charge >= 0.3 is 0 Å². The van der Waals surface area contributed by atoms with Crippen molar-refractivity contribution in [3.8, 4) is 0 Å². The van der Waals surface area contributed by atoms with E-state index in [4.69, 9.17) is 0 Å². The van der Waals surface area contributed by atoms with Gasteiger partial charge in [0, 0.05) is 32.7 Å². The standard InChI is InChI=1S/C23H28FN3O/c24-22-8-6-19(7-9-22)16-25-11-3-12-26(15-14-25)18-23(28)27-13-10-20-4-1-2-5-21(20)17-27/h1-2,4-9H,3,10-18H2. The van der Waals surface area contributed by atoms with Crippen molar-refractivity contribution in [3.05, 3.63) is 71.0 Å². The van der Waals surface area contributed by atoms with Crippen LogP contribution in [0.25, 0.3) is 0 Å². The van der Waals surface area contributed by atoms with Crippen molar-refractivity contribution in [3.63, 3.8) is 0 Å². The molecule has 2 aliphatic rings. The molecule has 0 aliphatic carbocycles. The molecule has 0 radical (unpaired) electrons. The van der Waals surface area contributed by atoms with Crippen LogP contribution in [-0.4, -0.2) is 59.9 Å². The summed E-state index contributed by atoms with van der Waals surface area (Å²) in [5.41, 5.74) is 3.79. The molecule has 148 valence electrons. The normalized spacial score (nSPS) is 18.5. The number of hydrogen-bond donors (Lipinski definition) is 0. The van der Waals surface area contributed by atoms with E-state index in [-0.39, 0.29) is 11.7 Å². The largest absolute Gasteiger partial charge is 0.337 e. The Balaban J connectivity index is 1.28. The average Bonchev–Trinajstić information content (AvgIpc) is 2.94. The highest BCUT2D eigenvalue weighted by molar-refractivity contribution is 5.78. The fraction of sp³-hybridized carbons (Fsp3) is 0.435. The molecule has 0 aromatic heterocycles. The van der Waals surface area contributed by atoms with Crippen LogP contribution >= 0.6 is 0 Å². The van der Waals surface area contributed by atoms with Gasteiger partial charge < -0.3 is 4.90 Å². The van der Waals surface area contributed by atoms with Gasteiger partial charge in [0.15, 0.2) is 0 Å². The maximum atomic E-state index is 13.1. The van der Waals surface area contributed by atoms with E-state index in [0.717, 1.165) is 64.2 Å². The molecule has 2 aliphatic heterocycles. The summed E-state index contributed by atoms with van der Waals surface area (Å²) in [6.45, 7) is 6.71. The first-order chi connectivity index (χ1) is 13.7. The Morgan fingerprint density at radius 1 is 0.857 bits per heavy atom. The fourth-order valence-corrected chi connectivity index (χ4v) is 4.19. The number of fused-ring (bicyclic) bond motifs is 1. The van der Waals surface area contributed by atoms with E-state index in [1.54, 1.807) is 0 Å². The van der Waals surface area contributed by atoms with Crippen LogP contribution in [0, 0.1) is 5.82 Å². The van der Waals surface area contributed by atoms with Crippen LogP contribution in [0.3, 0.4) is 0 Å². The molecule has 1 amide bonds. The average molecular weight is 381 g/mol. The number of hydrogen-bond acceptors (Lipinski definition) is 3. The molecule has 2 heterocycles. The third-order valence-corrected chi connectivity index (χ3v) is 5.84. The van der Waals surface area contributed by atoms with Crippen LogP contribution in [0.2, 0.25) is 0 Å². The molecule has 0 atom stereocenters. The van der Waals surface area contributed by atoms with Crippen LogP contribution < -0.4 is 0 Å². The second-order valence-electron chi connectivity index (χ2n) is 7.87. The minimum absolute atomic E-state index is 0.190. The van der Waals surface area contributed by atoms with Gasteiger partial charge in [-0.1, -0.05) is 36.4 Å². The maximum absolute atomic E-state index is 13.1. The van der Waals surface area contributed by atoms with E-state index < -0.39 is 0 Å². The molecule has 0 spiro atoms. The molecule has 4 nitrogen and oxygen atoms in total. The molecular formula is C23H28FN3O. The highest BCUT2D eigenvalue weighted by Gasteiger charge is 2.23. The van der Waals surface area contributed by atoms with Gasteiger partial charge in [0.05, 0.1) is 6.54 Å². The van der Waals surface area contributed by atoms with Crippen molar-refractivity contribution in [1.82, 2.24) is 14.7 Å². The Morgan fingerprint density at radius 3 is 2.39 bits per heavy atom. The molecular weight excluding hydrogens is 353 g/mol. The molecule has 2 aromatic rings. The lowest BCUT2D eigenvalue weighted by Gasteiger charge is -2.31. The van der Waals surface area contributed by atoms with Gasteiger partial charge in [-0.05, 0) is 54.8 Å². The van der Waals surface area contributed by atoms with E-state index in [1.807, 2.05) is 17.0 Å². The lowest BCUT2D eigenvalue weighted by molar-refractivity contribution is -0.133. The summed E-state index contributed by atoms with van der Waals surface area (Å²) in [6, 6.07) is 15.2. The van der Waals surface area contributed by atoms with Gasteiger partial charge in [-0.2, -0.15) is 0 Å². The van der Waals surface area contributed by atoms with Crippen LogP contribution in [0.15, 0.2) is 48.5 Å². The summed E-state index contributed by atoms with van der Waals surface area (Å²) in [5, 5.41) is 0. The molecule has 4 rings (SSSR count). The number of rotatable bonds is 4. The second kappa shape index (κ2) is 8.84. The van der Waals surface area contributed by atoms with E-state index in [2.05, 4.69) is 34.1 Å². The zero-order chi connectivity index (χ0) is 19.3. The van der Waals surface area contributed by atoms with Crippen LogP contribution in [0.4, 0.5) is 4.39 Å². The smallest absolute Gasteiger partial charge is 0.237 e. The highest BCUT2D eigenvalue weighted by atomic mass is 19.1. The lowest BCUT2D eigenvalue weighted by atomic mass is 10.00. The SMILES string of the molecule is O=C(CN1CCCN(Cc2ccc(F)cc2)CC1)N1CCc2ccccc2C1. The van der Waals surface area contributed by atoms with E-state index in [0.29, 0.717) is 6.54 Å². The minimum Gasteiger partial charge on any atom is -0.337 e. The van der Waals surface area contributed by atoms with Crippen molar-refractivity contribution < 1.29 is 9.18 Å². The monoisotopic (exact) mass is 381 g/mol. The number of carbonyl (C=O) groups is 1. The highest BCUT2D eigenvalue weighted by Crippen LogP contribution is 2.19. The number of amides is 1. The number of nitrogens with zero attached hydrogens (tertiary/aromatic N) is 3. The second-order valence-corrected chi connectivity index (χ2v) is 7.87. The van der Waals surface area contributed by atoms with Gasteiger partial charge in [0.25, 0.3) is 0 Å². The third kappa shape index (κ3) is 4.78. The summed E-state index contributed by atoms with van der Waals surface area (Å²) >= 11 is 0. The Kier molecular flexibility index (Phi) is 6.03. The topological polar surface area (TPSA) is 26.8 Å². The Hall–Kier alpha value is -2.24. The molecule has 28 heavy (non-hydrogen) atoms. The summed E-state index contributed by atoms with van der Waals surface area (Å²) in [6.07, 6.45) is 2.00. The minimum atomic E-state index is -0.190. The first kappa shape index (κ1) is 19.1. The summed E-state index contributed by atoms with van der Waals surface area (Å²) in [4.78, 5) is 19.5. The van der Waals surface area contributed by atoms with Crippen molar-refractivity contribution >= 4 is 5.91 Å². The predicted molar refractivity (Wildman–Crippen MR) is 108 cm³/mol. The van der Waals surface area contributed by atoms with Gasteiger partial charge in [-0.15, -0.1) is 0 Å². The predicted octanol–water partition coefficient (Wildman–Crippen LogP) is 2.92. The molecule has 0 unspecified atom stereocenters. The number of carbonyl (C=O) groups excluding carboxylic acids is 1. The van der Waals surface area contributed by atoms with Gasteiger partial charge in [0.1, 0.15) is 5.82 Å². The number of halogens is 1. The molecule has 0 saturated carbocycles. The zero-order valence-corrected chi connectivity index (χ0v) is 16.3. The van der Waals surface area contributed by atoms with E-state index in [1.165, 1.54) is 23.3 Å². The van der Waals surface area contributed by atoms with Crippen molar-refractivity contribution in [2.24, 2.45) is 0 Å². The van der Waals surface area contributed by atoms with Crippen molar-refractivity contribution in [1.29, 1.82) is 0 Å². The number of benzene rings is 2. The Bertz CT molecular complexity index is 808. The van der Waals surface area contributed by atoms with Crippen molar-refractivity contribution in [2.75, 3.05) is 39.3 Å². The van der Waals surface area contributed by atoms with Gasteiger partial charge in [-0.3, -0.25) is 14.6 Å². The van der Waals surface area contributed by atoms with Crippen molar-refractivity contribution in [2.45, 2.75) is 25.9 Å². The van der Waals surface area contributed by atoms with E-state index >= 15 is 0 Å². The summed E-state index contributed by atoms with van der Waals surface area (Å²) < 4.78 is 13.1. The van der Waals surface area contributed by atoms with E-state index in [9.17, 15) is 9.18 Å². The first-order valence-corrected chi connectivity index (χ1v) is 10.2. The molecule has 0 N–H and O–H groups in total. The molecule has 5 heteroatoms. The maximum Gasteiger partial charge on any atom is 0.237 e. The molecule has 0 bridgehead atoms. The summed E-state index contributed by atoms with van der Waals surface area (Å²) in [7, 11) is 0. The van der Waals surface area contributed by atoms with Crippen LogP contribution in [0.1, 0.15) is 23.1 Å². The third-order valence-electron chi connectivity index (χ3n) is 5.84. The van der Waals surface area contributed by atoms with Crippen LogP contribution in [0.5, 0.6) is 0 Å².